The Balaban J connectivity index is 1.80. The molecule has 0 fully saturated rings. The summed E-state index contributed by atoms with van der Waals surface area (Å²) in [5.74, 6) is 0.826. The maximum Gasteiger partial charge on any atom is 0.187 e. The molecule has 25 heavy (non-hydrogen) atoms. The molecular formula is C16H15N5O3S. The quantitative estimate of drug-likeness (QED) is 0.305. The predicted molar refractivity (Wildman–Crippen MR) is 96.7 cm³/mol. The van der Waals surface area contributed by atoms with Gasteiger partial charge in [-0.3, -0.25) is 13.8 Å². The zero-order valence-corrected chi connectivity index (χ0v) is 14.0. The molecule has 0 aliphatic carbocycles. The molecule has 3 rings (SSSR count). The average molecular weight is 357 g/mol. The minimum atomic E-state index is -3.24. The molecule has 0 aliphatic heterocycles. The van der Waals surface area contributed by atoms with Crippen LogP contribution in [0.2, 0.25) is 0 Å². The molecule has 8 nitrogen and oxygen atoms in total. The summed E-state index contributed by atoms with van der Waals surface area (Å²) in [5.41, 5.74) is 10.8. The molecule has 0 bridgehead atoms. The zero-order valence-electron chi connectivity index (χ0n) is 13.2. The lowest BCUT2D eigenvalue weighted by atomic mass is 10.1. The number of aromatic nitrogens is 1. The van der Waals surface area contributed by atoms with Gasteiger partial charge in [-0.05, 0) is 35.7 Å². The number of rotatable bonds is 5. The number of anilines is 1. The second kappa shape index (κ2) is 6.88. The van der Waals surface area contributed by atoms with Gasteiger partial charge >= 0.3 is 0 Å². The summed E-state index contributed by atoms with van der Waals surface area (Å²) >= 11 is 0. The van der Waals surface area contributed by atoms with Crippen LogP contribution in [0.25, 0.3) is 21.6 Å². The Hall–Kier alpha value is -2.97. The summed E-state index contributed by atoms with van der Waals surface area (Å²) < 4.78 is 28.1. The van der Waals surface area contributed by atoms with E-state index in [-0.39, 0.29) is 5.82 Å². The highest BCUT2D eigenvalue weighted by atomic mass is 32.3. The molecule has 0 amide bonds. The van der Waals surface area contributed by atoms with Crippen molar-refractivity contribution in [2.45, 2.75) is 11.8 Å². The molecule has 0 unspecified atom stereocenters. The Kier molecular flexibility index (Phi) is 4.64. The number of nitrogens with zero attached hydrogens (tertiary/aromatic N) is 4. The van der Waals surface area contributed by atoms with Crippen molar-refractivity contribution < 1.29 is 13.6 Å². The first-order chi connectivity index (χ1) is 12.0. The summed E-state index contributed by atoms with van der Waals surface area (Å²) in [6.07, 6.45) is 0. The van der Waals surface area contributed by atoms with E-state index in [0.717, 1.165) is 11.1 Å². The Bertz CT molecular complexity index is 916. The average Bonchev–Trinajstić information content (AvgIpc) is 3.00. The molecule has 0 atom stereocenters. The summed E-state index contributed by atoms with van der Waals surface area (Å²) in [6.45, 7) is 1.71. The van der Waals surface area contributed by atoms with Gasteiger partial charge in [0.25, 0.3) is 0 Å². The molecule has 1 heterocycles. The summed E-state index contributed by atoms with van der Waals surface area (Å²) in [5, 5.41) is 7.22. The molecule has 3 N–H and O–H groups in total. The molecule has 0 spiro atoms. The van der Waals surface area contributed by atoms with Gasteiger partial charge < -0.3 is 4.52 Å². The number of azide groups is 1. The van der Waals surface area contributed by atoms with E-state index in [4.69, 9.17) is 10.1 Å². The molecule has 9 heteroatoms. The van der Waals surface area contributed by atoms with E-state index >= 15 is 0 Å². The van der Waals surface area contributed by atoms with Gasteiger partial charge in [0.15, 0.2) is 5.82 Å². The summed E-state index contributed by atoms with van der Waals surface area (Å²) in [7, 11) is -3.24. The van der Waals surface area contributed by atoms with Crippen LogP contribution >= 0.6 is 10.8 Å². The lowest BCUT2D eigenvalue weighted by molar-refractivity contribution is 0.399. The molecule has 0 saturated carbocycles. The lowest BCUT2D eigenvalue weighted by Crippen LogP contribution is -2.09. The van der Waals surface area contributed by atoms with Crippen LogP contribution in [0.3, 0.4) is 0 Å². The second-order valence-corrected chi connectivity index (χ2v) is 7.01. The van der Waals surface area contributed by atoms with Crippen molar-refractivity contribution in [3.63, 3.8) is 0 Å². The van der Waals surface area contributed by atoms with Gasteiger partial charge in [0.2, 0.25) is 0 Å². The molecule has 0 saturated heterocycles. The third-order valence-corrected chi connectivity index (χ3v) is 4.84. The maximum absolute atomic E-state index is 10.3. The van der Waals surface area contributed by atoms with E-state index in [1.54, 1.807) is 49.4 Å². The monoisotopic (exact) mass is 357 g/mol. The number of hydrogen-bond donors (Lipinski definition) is 3. The minimum absolute atomic E-state index is 0.259. The van der Waals surface area contributed by atoms with Gasteiger partial charge in [0.1, 0.15) is 5.76 Å². The van der Waals surface area contributed by atoms with Crippen LogP contribution in [-0.4, -0.2) is 14.3 Å². The standard InChI is InChI=1S/C16H15N5O3S/c1-11-10-16(19-24-11)20-25(22,23)15-8-4-13(5-9-15)12-2-6-14(7-3-12)18-21-17/h2-10,22-23H,1H3,(H,19,20). The SMILES string of the molecule is Cc1cc(NS(O)(O)c2ccc(-c3ccc(N=[N+]=[N-])cc3)cc2)no1. The van der Waals surface area contributed by atoms with Crippen molar-refractivity contribution in [2.24, 2.45) is 5.11 Å². The lowest BCUT2D eigenvalue weighted by Gasteiger charge is -2.32. The number of benzene rings is 2. The van der Waals surface area contributed by atoms with E-state index in [9.17, 15) is 9.11 Å². The third kappa shape index (κ3) is 3.93. The minimum Gasteiger partial charge on any atom is -0.360 e. The molecule has 3 aromatic rings. The van der Waals surface area contributed by atoms with Crippen LogP contribution in [0.4, 0.5) is 11.5 Å². The van der Waals surface area contributed by atoms with Crippen molar-refractivity contribution in [1.29, 1.82) is 0 Å². The highest BCUT2D eigenvalue weighted by Gasteiger charge is 2.17. The van der Waals surface area contributed by atoms with Crippen molar-refractivity contribution in [2.75, 3.05) is 4.72 Å². The van der Waals surface area contributed by atoms with Gasteiger partial charge in [-0.15, -0.1) is 0 Å². The van der Waals surface area contributed by atoms with Crippen LogP contribution in [-0.2, 0) is 0 Å². The normalized spacial score (nSPS) is 11.6. The van der Waals surface area contributed by atoms with Crippen LogP contribution in [0.1, 0.15) is 5.76 Å². The fourth-order valence-corrected chi connectivity index (χ4v) is 3.25. The van der Waals surface area contributed by atoms with E-state index in [0.29, 0.717) is 16.3 Å². The highest BCUT2D eigenvalue weighted by Crippen LogP contribution is 2.47. The first-order valence-electron chi connectivity index (χ1n) is 7.23. The predicted octanol–water partition coefficient (Wildman–Crippen LogP) is 5.73. The van der Waals surface area contributed by atoms with E-state index in [1.807, 2.05) is 12.1 Å². The molecule has 0 aliphatic rings. The largest absolute Gasteiger partial charge is 0.360 e. The Labute approximate surface area is 145 Å². The zero-order chi connectivity index (χ0) is 17.9. The maximum atomic E-state index is 10.3. The van der Waals surface area contributed by atoms with Gasteiger partial charge in [-0.1, -0.05) is 57.4 Å². The number of hydrogen-bond acceptors (Lipinski definition) is 6. The molecular weight excluding hydrogens is 342 g/mol. The van der Waals surface area contributed by atoms with Crippen LogP contribution in [0, 0.1) is 6.92 Å². The van der Waals surface area contributed by atoms with Crippen molar-refractivity contribution in [3.8, 4) is 11.1 Å². The Morgan fingerprint density at radius 2 is 1.68 bits per heavy atom. The Morgan fingerprint density at radius 3 is 2.20 bits per heavy atom. The molecule has 128 valence electrons. The smallest absolute Gasteiger partial charge is 0.187 e. The fraction of sp³-hybridized carbons (Fsp3) is 0.0625. The first-order valence-corrected chi connectivity index (χ1v) is 8.77. The summed E-state index contributed by atoms with van der Waals surface area (Å²) in [6, 6.07) is 15.5. The molecule has 2 aromatic carbocycles. The van der Waals surface area contributed by atoms with Gasteiger partial charge in [0, 0.05) is 16.7 Å². The second-order valence-electron chi connectivity index (χ2n) is 5.23. The Morgan fingerprint density at radius 1 is 1.08 bits per heavy atom. The van der Waals surface area contributed by atoms with Crippen molar-refractivity contribution in [1.82, 2.24) is 5.16 Å². The van der Waals surface area contributed by atoms with Crippen LogP contribution < -0.4 is 4.72 Å². The van der Waals surface area contributed by atoms with E-state index < -0.39 is 10.8 Å². The molecule has 0 radical (unpaired) electrons. The first kappa shape index (κ1) is 16.9. The van der Waals surface area contributed by atoms with Crippen LogP contribution in [0.15, 0.2) is 69.1 Å². The summed E-state index contributed by atoms with van der Waals surface area (Å²) in [4.78, 5) is 3.07. The van der Waals surface area contributed by atoms with Gasteiger partial charge in [-0.25, -0.2) is 0 Å². The van der Waals surface area contributed by atoms with Crippen LogP contribution in [0.5, 0.6) is 0 Å². The van der Waals surface area contributed by atoms with Crippen molar-refractivity contribution in [3.05, 3.63) is 70.8 Å². The van der Waals surface area contributed by atoms with Gasteiger partial charge in [-0.2, -0.15) is 0 Å². The number of nitrogens with one attached hydrogen (secondary N) is 1. The third-order valence-electron chi connectivity index (χ3n) is 3.42. The number of aryl methyl sites for hydroxylation is 1. The topological polar surface area (TPSA) is 127 Å². The highest BCUT2D eigenvalue weighted by molar-refractivity contribution is 8.25. The molecule has 1 aromatic heterocycles. The van der Waals surface area contributed by atoms with E-state index in [1.165, 1.54) is 0 Å². The van der Waals surface area contributed by atoms with Gasteiger partial charge in [0.05, 0.1) is 4.90 Å². The van der Waals surface area contributed by atoms with Crippen molar-refractivity contribution >= 4 is 22.3 Å². The van der Waals surface area contributed by atoms with E-state index in [2.05, 4.69) is 19.9 Å². The fourth-order valence-electron chi connectivity index (χ4n) is 2.23.